The van der Waals surface area contributed by atoms with Crippen LogP contribution in [0.25, 0.3) is 0 Å². The Morgan fingerprint density at radius 1 is 1.35 bits per heavy atom. The summed E-state index contributed by atoms with van der Waals surface area (Å²) in [5, 5.41) is 11.4. The lowest BCUT2D eigenvalue weighted by molar-refractivity contribution is -0.154. The van der Waals surface area contributed by atoms with Crippen LogP contribution in [0.15, 0.2) is 11.4 Å². The molecular formula is C14H17NO4S. The van der Waals surface area contributed by atoms with Gasteiger partial charge in [-0.2, -0.15) is 0 Å². The molecule has 3 rings (SSSR count). The van der Waals surface area contributed by atoms with Gasteiger partial charge in [-0.25, -0.2) is 4.79 Å². The van der Waals surface area contributed by atoms with E-state index in [4.69, 9.17) is 4.74 Å². The third kappa shape index (κ3) is 2.33. The molecule has 108 valence electrons. The zero-order valence-electron chi connectivity index (χ0n) is 11.1. The summed E-state index contributed by atoms with van der Waals surface area (Å²) in [7, 11) is 0. The monoisotopic (exact) mass is 295 g/mol. The molecule has 1 aromatic rings. The highest BCUT2D eigenvalue weighted by atomic mass is 32.1. The van der Waals surface area contributed by atoms with Crippen molar-refractivity contribution in [2.45, 2.75) is 25.3 Å². The second kappa shape index (κ2) is 5.54. The number of thiophene rings is 1. The molecule has 20 heavy (non-hydrogen) atoms. The third-order valence-corrected chi connectivity index (χ3v) is 5.05. The predicted molar refractivity (Wildman–Crippen MR) is 73.7 cm³/mol. The van der Waals surface area contributed by atoms with E-state index in [1.165, 1.54) is 0 Å². The van der Waals surface area contributed by atoms with Gasteiger partial charge in [0.1, 0.15) is 0 Å². The van der Waals surface area contributed by atoms with E-state index in [1.807, 2.05) is 11.4 Å². The van der Waals surface area contributed by atoms with Crippen molar-refractivity contribution >= 4 is 23.2 Å². The maximum atomic E-state index is 12.6. The molecule has 2 aliphatic heterocycles. The quantitative estimate of drug-likeness (QED) is 0.901. The lowest BCUT2D eigenvalue weighted by Gasteiger charge is -2.36. The highest BCUT2D eigenvalue weighted by Gasteiger charge is 2.39. The lowest BCUT2D eigenvalue weighted by atomic mass is 9.94. The number of aliphatic carboxylic acids is 1. The first-order valence-electron chi connectivity index (χ1n) is 6.86. The van der Waals surface area contributed by atoms with Gasteiger partial charge in [0.05, 0.1) is 0 Å². The van der Waals surface area contributed by atoms with Crippen molar-refractivity contribution in [2.24, 2.45) is 5.92 Å². The normalized spacial score (nSPS) is 23.4. The first kappa shape index (κ1) is 13.6. The van der Waals surface area contributed by atoms with Crippen LogP contribution >= 0.6 is 11.3 Å². The number of hydrogen-bond acceptors (Lipinski definition) is 4. The summed E-state index contributed by atoms with van der Waals surface area (Å²) >= 11 is 1.57. The summed E-state index contributed by atoms with van der Waals surface area (Å²) < 4.78 is 5.27. The van der Waals surface area contributed by atoms with E-state index in [-0.39, 0.29) is 11.8 Å². The van der Waals surface area contributed by atoms with Crippen molar-refractivity contribution in [3.8, 4) is 0 Å². The maximum Gasteiger partial charge on any atom is 0.331 e. The predicted octanol–water partition coefficient (Wildman–Crippen LogP) is 1.69. The Morgan fingerprint density at radius 3 is 2.80 bits per heavy atom. The Labute approximate surface area is 121 Å². The van der Waals surface area contributed by atoms with E-state index in [1.54, 1.807) is 16.2 Å². The molecule has 0 aromatic carbocycles. The summed E-state index contributed by atoms with van der Waals surface area (Å²) in [6.45, 7) is 1.68. The number of carboxylic acids is 1. The third-order valence-electron chi connectivity index (χ3n) is 4.05. The van der Waals surface area contributed by atoms with E-state index >= 15 is 0 Å². The number of amides is 1. The Kier molecular flexibility index (Phi) is 3.76. The molecular weight excluding hydrogens is 278 g/mol. The van der Waals surface area contributed by atoms with Gasteiger partial charge in [-0.3, -0.25) is 4.79 Å². The van der Waals surface area contributed by atoms with E-state index in [9.17, 15) is 14.7 Å². The Balaban J connectivity index is 1.85. The molecule has 2 aliphatic rings. The van der Waals surface area contributed by atoms with Crippen LogP contribution in [0.5, 0.6) is 0 Å². The Morgan fingerprint density at radius 2 is 2.10 bits per heavy atom. The van der Waals surface area contributed by atoms with Gasteiger partial charge in [0.15, 0.2) is 6.04 Å². The number of nitrogens with zero attached hydrogens (tertiary/aromatic N) is 1. The topological polar surface area (TPSA) is 66.8 Å². The number of hydrogen-bond donors (Lipinski definition) is 1. The van der Waals surface area contributed by atoms with Crippen LogP contribution in [0, 0.1) is 5.92 Å². The molecule has 0 radical (unpaired) electrons. The minimum Gasteiger partial charge on any atom is -0.479 e. The Bertz CT molecular complexity index is 521. The zero-order valence-corrected chi connectivity index (χ0v) is 11.9. The average molecular weight is 295 g/mol. The van der Waals surface area contributed by atoms with Crippen molar-refractivity contribution in [3.63, 3.8) is 0 Å². The van der Waals surface area contributed by atoms with Crippen LogP contribution in [0.1, 0.15) is 29.3 Å². The van der Waals surface area contributed by atoms with Crippen LogP contribution in [0.4, 0.5) is 0 Å². The summed E-state index contributed by atoms with van der Waals surface area (Å²) in [5.41, 5.74) is 0.786. The van der Waals surface area contributed by atoms with Crippen molar-refractivity contribution in [1.82, 2.24) is 4.90 Å². The van der Waals surface area contributed by atoms with E-state index in [0.29, 0.717) is 32.6 Å². The molecule has 1 amide bonds. The van der Waals surface area contributed by atoms with Gasteiger partial charge in [-0.1, -0.05) is 0 Å². The fourth-order valence-electron chi connectivity index (χ4n) is 3.00. The van der Waals surface area contributed by atoms with Crippen molar-refractivity contribution in [3.05, 3.63) is 21.9 Å². The minimum absolute atomic E-state index is 0.0300. The molecule has 1 atom stereocenters. The SMILES string of the molecule is O=C(O)C1c2ccsc2CCN1C(=O)C1CCOCC1. The van der Waals surface area contributed by atoms with Crippen molar-refractivity contribution < 1.29 is 19.4 Å². The van der Waals surface area contributed by atoms with Crippen LogP contribution in [-0.4, -0.2) is 41.6 Å². The standard InChI is InChI=1S/C14H17NO4S/c16-13(9-2-6-19-7-3-9)15-5-1-11-10(4-8-20-11)12(15)14(17)18/h4,8-9,12H,1-3,5-7H2,(H,17,18). The molecule has 1 aromatic heterocycles. The largest absolute Gasteiger partial charge is 0.479 e. The number of carboxylic acid groups (broad SMARTS) is 1. The average Bonchev–Trinajstić information content (AvgIpc) is 2.94. The second-order valence-corrected chi connectivity index (χ2v) is 6.21. The number of ether oxygens (including phenoxy) is 1. The van der Waals surface area contributed by atoms with Crippen LogP contribution in [-0.2, 0) is 20.7 Å². The van der Waals surface area contributed by atoms with E-state index < -0.39 is 12.0 Å². The molecule has 5 nitrogen and oxygen atoms in total. The molecule has 6 heteroatoms. The van der Waals surface area contributed by atoms with Crippen LogP contribution in [0.2, 0.25) is 0 Å². The summed E-state index contributed by atoms with van der Waals surface area (Å²) in [6, 6.07) is 1.02. The van der Waals surface area contributed by atoms with Gasteiger partial charge >= 0.3 is 5.97 Å². The van der Waals surface area contributed by atoms with Gasteiger partial charge in [0.2, 0.25) is 5.91 Å². The van der Waals surface area contributed by atoms with Crippen LogP contribution < -0.4 is 0 Å². The van der Waals surface area contributed by atoms with Crippen molar-refractivity contribution in [2.75, 3.05) is 19.8 Å². The maximum absolute atomic E-state index is 12.6. The lowest BCUT2D eigenvalue weighted by Crippen LogP contribution is -2.46. The molecule has 1 N–H and O–H groups in total. The first-order valence-corrected chi connectivity index (χ1v) is 7.73. The number of carbonyl (C=O) groups excluding carboxylic acids is 1. The molecule has 3 heterocycles. The fourth-order valence-corrected chi connectivity index (χ4v) is 3.90. The van der Waals surface area contributed by atoms with E-state index in [0.717, 1.165) is 16.9 Å². The van der Waals surface area contributed by atoms with Crippen molar-refractivity contribution in [1.29, 1.82) is 0 Å². The zero-order chi connectivity index (χ0) is 14.1. The molecule has 0 bridgehead atoms. The Hall–Kier alpha value is -1.40. The minimum atomic E-state index is -0.940. The fraction of sp³-hybridized carbons (Fsp3) is 0.571. The number of fused-ring (bicyclic) bond motifs is 1. The summed E-state index contributed by atoms with van der Waals surface area (Å²) in [4.78, 5) is 26.8. The molecule has 0 saturated carbocycles. The summed E-state index contributed by atoms with van der Waals surface area (Å²) in [6.07, 6.45) is 2.14. The molecule has 0 aliphatic carbocycles. The molecule has 1 saturated heterocycles. The van der Waals surface area contributed by atoms with Gasteiger partial charge in [-0.15, -0.1) is 11.3 Å². The first-order chi connectivity index (χ1) is 9.68. The van der Waals surface area contributed by atoms with Gasteiger partial charge in [-0.05, 0) is 36.3 Å². The molecule has 1 unspecified atom stereocenters. The highest BCUT2D eigenvalue weighted by molar-refractivity contribution is 7.10. The van der Waals surface area contributed by atoms with Gasteiger partial charge < -0.3 is 14.7 Å². The van der Waals surface area contributed by atoms with E-state index in [2.05, 4.69) is 0 Å². The highest BCUT2D eigenvalue weighted by Crippen LogP contribution is 2.35. The van der Waals surface area contributed by atoms with Crippen LogP contribution in [0.3, 0.4) is 0 Å². The van der Waals surface area contributed by atoms with Gasteiger partial charge in [0.25, 0.3) is 0 Å². The van der Waals surface area contributed by atoms with Gasteiger partial charge in [0, 0.05) is 30.6 Å². The smallest absolute Gasteiger partial charge is 0.331 e. The molecule has 0 spiro atoms. The molecule has 1 fully saturated rings. The second-order valence-electron chi connectivity index (χ2n) is 5.21. The number of rotatable bonds is 2. The summed E-state index contributed by atoms with van der Waals surface area (Å²) in [5.74, 6) is -1.06. The number of carbonyl (C=O) groups is 2.